The van der Waals surface area contributed by atoms with E-state index in [2.05, 4.69) is 24.0 Å². The molecule has 0 saturated heterocycles. The van der Waals surface area contributed by atoms with Gasteiger partial charge in [0.05, 0.1) is 23.6 Å². The first kappa shape index (κ1) is 24.2. The van der Waals surface area contributed by atoms with Gasteiger partial charge in [0.15, 0.2) is 5.43 Å². The summed E-state index contributed by atoms with van der Waals surface area (Å²) in [6.45, 7) is 4.92. The summed E-state index contributed by atoms with van der Waals surface area (Å²) in [5, 5.41) is 10.3. The fraction of sp³-hybridized carbons (Fsp3) is 0.357. The maximum absolute atomic E-state index is 13.6. The van der Waals surface area contributed by atoms with Gasteiger partial charge in [-0.15, -0.1) is 10.2 Å². The van der Waals surface area contributed by atoms with E-state index >= 15 is 0 Å². The number of para-hydroxylation sites is 1. The third-order valence-corrected chi connectivity index (χ3v) is 7.35. The van der Waals surface area contributed by atoms with Crippen molar-refractivity contribution in [2.75, 3.05) is 11.5 Å². The lowest BCUT2D eigenvalue weighted by molar-refractivity contribution is 0.0970. The molecule has 7 nitrogen and oxygen atoms in total. The quantitative estimate of drug-likeness (QED) is 0.236. The lowest BCUT2D eigenvalue weighted by atomic mass is 9.98. The summed E-state index contributed by atoms with van der Waals surface area (Å²) < 4.78 is 11.9. The number of aromatic nitrogens is 2. The lowest BCUT2D eigenvalue weighted by Gasteiger charge is -2.22. The normalized spacial score (nSPS) is 15.0. The number of fused-ring (bicyclic) bond motifs is 2. The van der Waals surface area contributed by atoms with Gasteiger partial charge in [-0.1, -0.05) is 68.7 Å². The number of hydrogen-bond donors (Lipinski definition) is 0. The van der Waals surface area contributed by atoms with Gasteiger partial charge >= 0.3 is 0 Å². The zero-order valence-electron chi connectivity index (χ0n) is 20.5. The molecule has 186 valence electrons. The van der Waals surface area contributed by atoms with Crippen LogP contribution in [0.3, 0.4) is 0 Å². The molecule has 0 fully saturated rings. The van der Waals surface area contributed by atoms with Crippen LogP contribution in [0, 0.1) is 0 Å². The molecule has 2 aromatic carbocycles. The molecule has 8 heteroatoms. The van der Waals surface area contributed by atoms with Crippen molar-refractivity contribution in [3.63, 3.8) is 0 Å². The van der Waals surface area contributed by atoms with E-state index in [0.29, 0.717) is 28.3 Å². The average molecular weight is 504 g/mol. The molecule has 1 atom stereocenters. The van der Waals surface area contributed by atoms with Crippen LogP contribution in [0.1, 0.15) is 78.7 Å². The number of hydrogen-bond acceptors (Lipinski definition) is 7. The zero-order chi connectivity index (χ0) is 25.1. The number of carbonyl (C=O) groups is 1. The molecular formula is C28H29N3O4S. The number of anilines is 1. The van der Waals surface area contributed by atoms with Gasteiger partial charge in [0.1, 0.15) is 16.3 Å². The summed E-state index contributed by atoms with van der Waals surface area (Å²) >= 11 is 1.37. The minimum absolute atomic E-state index is 0.0622. The fourth-order valence-electron chi connectivity index (χ4n) is 4.55. The molecular weight excluding hydrogens is 474 g/mol. The molecule has 1 unspecified atom stereocenters. The molecule has 0 saturated carbocycles. The van der Waals surface area contributed by atoms with Crippen LogP contribution < -0.4 is 15.1 Å². The summed E-state index contributed by atoms with van der Waals surface area (Å²) in [6.07, 6.45) is 6.26. The van der Waals surface area contributed by atoms with Crippen LogP contribution in [0.4, 0.5) is 5.13 Å². The Hall–Kier alpha value is -3.52. The van der Waals surface area contributed by atoms with Crippen molar-refractivity contribution in [2.45, 2.75) is 58.4 Å². The van der Waals surface area contributed by atoms with E-state index in [0.717, 1.165) is 42.0 Å². The van der Waals surface area contributed by atoms with Crippen molar-refractivity contribution in [2.24, 2.45) is 0 Å². The Morgan fingerprint density at radius 2 is 1.78 bits per heavy atom. The monoisotopic (exact) mass is 503 g/mol. The van der Waals surface area contributed by atoms with Crippen molar-refractivity contribution in [3.05, 3.63) is 80.6 Å². The van der Waals surface area contributed by atoms with E-state index in [4.69, 9.17) is 9.15 Å². The molecule has 0 aliphatic carbocycles. The Morgan fingerprint density at radius 1 is 0.972 bits per heavy atom. The van der Waals surface area contributed by atoms with Gasteiger partial charge in [-0.3, -0.25) is 14.5 Å². The maximum atomic E-state index is 13.6. The van der Waals surface area contributed by atoms with Crippen LogP contribution in [-0.2, 0) is 6.42 Å². The number of rotatable bonds is 10. The Kier molecular flexibility index (Phi) is 7.13. The van der Waals surface area contributed by atoms with Gasteiger partial charge in [-0.25, -0.2) is 0 Å². The van der Waals surface area contributed by atoms with E-state index < -0.39 is 6.04 Å². The molecule has 5 rings (SSSR count). The van der Waals surface area contributed by atoms with Crippen molar-refractivity contribution < 1.29 is 13.9 Å². The van der Waals surface area contributed by atoms with Crippen LogP contribution in [0.15, 0.2) is 57.7 Å². The third kappa shape index (κ3) is 4.53. The molecule has 36 heavy (non-hydrogen) atoms. The Labute approximate surface area is 213 Å². The van der Waals surface area contributed by atoms with Crippen molar-refractivity contribution in [1.82, 2.24) is 10.2 Å². The predicted octanol–water partition coefficient (Wildman–Crippen LogP) is 6.31. The number of aryl methyl sites for hydroxylation is 1. The van der Waals surface area contributed by atoms with Gasteiger partial charge in [0.25, 0.3) is 5.91 Å². The van der Waals surface area contributed by atoms with E-state index in [9.17, 15) is 9.59 Å². The first-order chi connectivity index (χ1) is 17.6. The van der Waals surface area contributed by atoms with Crippen LogP contribution in [-0.4, -0.2) is 22.7 Å². The minimum atomic E-state index is -0.658. The highest BCUT2D eigenvalue weighted by molar-refractivity contribution is 7.15. The molecule has 0 spiro atoms. The number of benzene rings is 2. The first-order valence-electron chi connectivity index (χ1n) is 12.6. The van der Waals surface area contributed by atoms with Gasteiger partial charge in [0, 0.05) is 6.42 Å². The fourth-order valence-corrected chi connectivity index (χ4v) is 5.52. The van der Waals surface area contributed by atoms with Gasteiger partial charge in [0.2, 0.25) is 10.9 Å². The highest BCUT2D eigenvalue weighted by Crippen LogP contribution is 2.42. The van der Waals surface area contributed by atoms with Gasteiger partial charge in [-0.05, 0) is 42.7 Å². The summed E-state index contributed by atoms with van der Waals surface area (Å²) in [5.74, 6) is 0.443. The van der Waals surface area contributed by atoms with E-state index in [1.165, 1.54) is 24.2 Å². The maximum Gasteiger partial charge on any atom is 0.297 e. The molecule has 4 aromatic rings. The summed E-state index contributed by atoms with van der Waals surface area (Å²) in [5.41, 5.74) is 1.31. The third-order valence-electron chi connectivity index (χ3n) is 6.37. The van der Waals surface area contributed by atoms with Crippen molar-refractivity contribution in [1.29, 1.82) is 0 Å². The molecule has 1 amide bonds. The molecule has 3 heterocycles. The highest BCUT2D eigenvalue weighted by atomic mass is 32.1. The SMILES string of the molecule is CCCCCCOc1ccc(C2c3c(oc4ccccc4c3=O)C(=O)N2c2nnc(CCC)s2)cc1. The second kappa shape index (κ2) is 10.6. The zero-order valence-corrected chi connectivity index (χ0v) is 21.3. The lowest BCUT2D eigenvalue weighted by Crippen LogP contribution is -2.29. The molecule has 0 bridgehead atoms. The van der Waals surface area contributed by atoms with Gasteiger partial charge < -0.3 is 9.15 Å². The summed E-state index contributed by atoms with van der Waals surface area (Å²) in [7, 11) is 0. The van der Waals surface area contributed by atoms with Crippen LogP contribution >= 0.6 is 11.3 Å². The number of ether oxygens (including phenoxy) is 1. The Morgan fingerprint density at radius 3 is 2.56 bits per heavy atom. The number of amides is 1. The van der Waals surface area contributed by atoms with Crippen LogP contribution in [0.25, 0.3) is 11.0 Å². The molecule has 0 N–H and O–H groups in total. The van der Waals surface area contributed by atoms with Crippen LogP contribution in [0.2, 0.25) is 0 Å². The van der Waals surface area contributed by atoms with Crippen molar-refractivity contribution in [3.8, 4) is 5.75 Å². The largest absolute Gasteiger partial charge is 0.494 e. The average Bonchev–Trinajstić information content (AvgIpc) is 3.47. The summed E-state index contributed by atoms with van der Waals surface area (Å²) in [6, 6.07) is 14.0. The number of nitrogens with zero attached hydrogens (tertiary/aromatic N) is 3. The summed E-state index contributed by atoms with van der Waals surface area (Å²) in [4.78, 5) is 28.8. The number of unbranched alkanes of at least 4 members (excludes halogenated alkanes) is 3. The molecule has 1 aliphatic rings. The topological polar surface area (TPSA) is 85.5 Å². The van der Waals surface area contributed by atoms with Gasteiger partial charge in [-0.2, -0.15) is 0 Å². The van der Waals surface area contributed by atoms with Crippen LogP contribution in [0.5, 0.6) is 5.75 Å². The standard InChI is InChI=1S/C28H29N3O4S/c1-3-5-6-9-17-34-19-15-13-18(14-16-19)24-23-25(32)20-11-7-8-12-21(20)35-26(23)27(33)31(24)28-30-29-22(36-28)10-4-2/h7-8,11-16,24H,3-6,9-10,17H2,1-2H3. The number of carbonyl (C=O) groups excluding carboxylic acids is 1. The minimum Gasteiger partial charge on any atom is -0.494 e. The van der Waals surface area contributed by atoms with E-state index in [-0.39, 0.29) is 17.1 Å². The van der Waals surface area contributed by atoms with E-state index in [1.807, 2.05) is 24.3 Å². The molecule has 1 aliphatic heterocycles. The predicted molar refractivity (Wildman–Crippen MR) is 141 cm³/mol. The Balaban J connectivity index is 1.54. The first-order valence-corrected chi connectivity index (χ1v) is 13.4. The smallest absolute Gasteiger partial charge is 0.297 e. The second-order valence-corrected chi connectivity index (χ2v) is 9.99. The molecule has 2 aromatic heterocycles. The highest BCUT2D eigenvalue weighted by Gasteiger charge is 2.45. The Bertz CT molecular complexity index is 1430. The molecule has 0 radical (unpaired) electrons. The van der Waals surface area contributed by atoms with E-state index in [1.54, 1.807) is 29.2 Å². The van der Waals surface area contributed by atoms with Crippen molar-refractivity contribution >= 4 is 33.3 Å². The second-order valence-electron chi connectivity index (χ2n) is 8.95.